The second-order valence-corrected chi connectivity index (χ2v) is 6.86. The van der Waals surface area contributed by atoms with Crippen molar-refractivity contribution < 1.29 is 18.8 Å². The SMILES string of the molecule is COc1cccc(-c2cc(CC(=O)Nc3ccc(C(=O)C4CC4)cc3)no2)c1. The summed E-state index contributed by atoms with van der Waals surface area (Å²) in [7, 11) is 1.60. The maximum atomic E-state index is 12.3. The third-order valence-corrected chi connectivity index (χ3v) is 4.66. The summed E-state index contributed by atoms with van der Waals surface area (Å²) in [4.78, 5) is 24.3. The molecule has 0 radical (unpaired) electrons. The number of Topliss-reactive ketones (excluding diaryl/α,β-unsaturated/α-hetero) is 1. The van der Waals surface area contributed by atoms with Crippen LogP contribution in [0.15, 0.2) is 59.1 Å². The number of aromatic nitrogens is 1. The van der Waals surface area contributed by atoms with Gasteiger partial charge in [-0.3, -0.25) is 9.59 Å². The largest absolute Gasteiger partial charge is 0.497 e. The van der Waals surface area contributed by atoms with E-state index in [0.29, 0.717) is 22.7 Å². The molecule has 0 saturated heterocycles. The van der Waals surface area contributed by atoms with Crippen LogP contribution < -0.4 is 10.1 Å². The summed E-state index contributed by atoms with van der Waals surface area (Å²) in [5.74, 6) is 1.46. The van der Waals surface area contributed by atoms with Gasteiger partial charge in [-0.05, 0) is 49.2 Å². The highest BCUT2D eigenvalue weighted by molar-refractivity contribution is 6.00. The predicted octanol–water partition coefficient (Wildman–Crippen LogP) is 4.12. The van der Waals surface area contributed by atoms with Crippen LogP contribution in [0.3, 0.4) is 0 Å². The Morgan fingerprint density at radius 3 is 2.64 bits per heavy atom. The Kier molecular flexibility index (Phi) is 4.93. The van der Waals surface area contributed by atoms with Gasteiger partial charge in [-0.2, -0.15) is 0 Å². The average Bonchev–Trinajstić information content (AvgIpc) is 3.47. The number of nitrogens with one attached hydrogen (secondary N) is 1. The first-order valence-electron chi connectivity index (χ1n) is 9.16. The fraction of sp³-hybridized carbons (Fsp3) is 0.227. The van der Waals surface area contributed by atoms with E-state index in [9.17, 15) is 9.59 Å². The van der Waals surface area contributed by atoms with Crippen LogP contribution in [-0.2, 0) is 11.2 Å². The zero-order chi connectivity index (χ0) is 19.5. The van der Waals surface area contributed by atoms with Gasteiger partial charge in [0.05, 0.1) is 19.2 Å². The van der Waals surface area contributed by atoms with Gasteiger partial charge in [0.15, 0.2) is 11.5 Å². The number of nitrogens with zero attached hydrogens (tertiary/aromatic N) is 1. The summed E-state index contributed by atoms with van der Waals surface area (Å²) in [6, 6.07) is 16.2. The molecule has 1 heterocycles. The van der Waals surface area contributed by atoms with Crippen LogP contribution in [0, 0.1) is 5.92 Å². The van der Waals surface area contributed by atoms with E-state index in [0.717, 1.165) is 24.2 Å². The van der Waals surface area contributed by atoms with Crippen LogP contribution in [0.5, 0.6) is 5.75 Å². The summed E-state index contributed by atoms with van der Waals surface area (Å²) < 4.78 is 10.6. The summed E-state index contributed by atoms with van der Waals surface area (Å²) >= 11 is 0. The minimum absolute atomic E-state index is 0.0935. The lowest BCUT2D eigenvalue weighted by Gasteiger charge is -2.05. The second-order valence-electron chi connectivity index (χ2n) is 6.86. The molecule has 4 rings (SSSR count). The predicted molar refractivity (Wildman–Crippen MR) is 104 cm³/mol. The molecular weight excluding hydrogens is 356 g/mol. The quantitative estimate of drug-likeness (QED) is 0.627. The molecule has 6 nitrogen and oxygen atoms in total. The fourth-order valence-corrected chi connectivity index (χ4v) is 2.98. The molecule has 1 aromatic heterocycles. The molecule has 0 atom stereocenters. The van der Waals surface area contributed by atoms with Crippen LogP contribution >= 0.6 is 0 Å². The van der Waals surface area contributed by atoms with E-state index < -0.39 is 0 Å². The number of hydrogen-bond donors (Lipinski definition) is 1. The topological polar surface area (TPSA) is 81.4 Å². The van der Waals surface area contributed by atoms with Crippen molar-refractivity contribution in [2.45, 2.75) is 19.3 Å². The molecule has 28 heavy (non-hydrogen) atoms. The number of hydrogen-bond acceptors (Lipinski definition) is 5. The number of ether oxygens (including phenoxy) is 1. The van der Waals surface area contributed by atoms with Gasteiger partial charge in [-0.1, -0.05) is 17.3 Å². The first kappa shape index (κ1) is 18.0. The molecule has 1 amide bonds. The molecular formula is C22H20N2O4. The highest BCUT2D eigenvalue weighted by Crippen LogP contribution is 2.32. The van der Waals surface area contributed by atoms with E-state index in [1.54, 1.807) is 37.4 Å². The number of carbonyl (C=O) groups excluding carboxylic acids is 2. The van der Waals surface area contributed by atoms with Gasteiger partial charge in [0.2, 0.25) is 5.91 Å². The molecule has 2 aromatic carbocycles. The molecule has 0 unspecified atom stereocenters. The summed E-state index contributed by atoms with van der Waals surface area (Å²) in [5, 5.41) is 6.79. The fourth-order valence-electron chi connectivity index (χ4n) is 2.98. The smallest absolute Gasteiger partial charge is 0.230 e. The van der Waals surface area contributed by atoms with Gasteiger partial charge in [-0.25, -0.2) is 0 Å². The Morgan fingerprint density at radius 1 is 1.14 bits per heavy atom. The lowest BCUT2D eigenvalue weighted by atomic mass is 10.1. The Labute approximate surface area is 162 Å². The van der Waals surface area contributed by atoms with Crippen molar-refractivity contribution >= 4 is 17.4 Å². The van der Waals surface area contributed by atoms with Crippen molar-refractivity contribution in [3.63, 3.8) is 0 Å². The Balaban J connectivity index is 1.37. The van der Waals surface area contributed by atoms with Crippen molar-refractivity contribution in [3.05, 3.63) is 65.9 Å². The molecule has 1 fully saturated rings. The Hall–Kier alpha value is -3.41. The molecule has 1 N–H and O–H groups in total. The third kappa shape index (κ3) is 4.11. The summed E-state index contributed by atoms with van der Waals surface area (Å²) in [5.41, 5.74) is 2.71. The highest BCUT2D eigenvalue weighted by Gasteiger charge is 2.30. The lowest BCUT2D eigenvalue weighted by Crippen LogP contribution is -2.14. The van der Waals surface area contributed by atoms with Crippen LogP contribution in [0.2, 0.25) is 0 Å². The number of rotatable bonds is 7. The van der Waals surface area contributed by atoms with E-state index in [1.807, 2.05) is 24.3 Å². The highest BCUT2D eigenvalue weighted by atomic mass is 16.5. The molecule has 3 aromatic rings. The van der Waals surface area contributed by atoms with Gasteiger partial charge in [-0.15, -0.1) is 0 Å². The van der Waals surface area contributed by atoms with Gasteiger partial charge >= 0.3 is 0 Å². The van der Waals surface area contributed by atoms with Crippen molar-refractivity contribution in [3.8, 4) is 17.1 Å². The number of anilines is 1. The van der Waals surface area contributed by atoms with E-state index >= 15 is 0 Å². The number of amides is 1. The molecule has 1 saturated carbocycles. The molecule has 142 valence electrons. The molecule has 0 bridgehead atoms. The minimum Gasteiger partial charge on any atom is -0.497 e. The van der Waals surface area contributed by atoms with Gasteiger partial charge in [0.25, 0.3) is 0 Å². The van der Waals surface area contributed by atoms with Crippen molar-refractivity contribution in [2.75, 3.05) is 12.4 Å². The van der Waals surface area contributed by atoms with Crippen LogP contribution in [0.1, 0.15) is 28.9 Å². The Morgan fingerprint density at radius 2 is 1.93 bits per heavy atom. The second kappa shape index (κ2) is 7.68. The standard InChI is InChI=1S/C22H20N2O4/c1-27-19-4-2-3-16(11-19)20-12-18(24-28-20)13-21(25)23-17-9-7-15(8-10-17)22(26)14-5-6-14/h2-4,7-12,14H,5-6,13H2,1H3,(H,23,25). The first-order chi connectivity index (χ1) is 13.6. The third-order valence-electron chi connectivity index (χ3n) is 4.66. The molecule has 0 aliphatic heterocycles. The molecule has 6 heteroatoms. The van der Waals surface area contributed by atoms with Crippen molar-refractivity contribution in [2.24, 2.45) is 5.92 Å². The summed E-state index contributed by atoms with van der Waals surface area (Å²) in [6.07, 6.45) is 2.05. The normalized spacial score (nSPS) is 13.2. The van der Waals surface area contributed by atoms with E-state index in [2.05, 4.69) is 10.5 Å². The number of methoxy groups -OCH3 is 1. The van der Waals surface area contributed by atoms with Crippen LogP contribution in [-0.4, -0.2) is 24.0 Å². The first-order valence-corrected chi connectivity index (χ1v) is 9.16. The van der Waals surface area contributed by atoms with Gasteiger partial charge < -0.3 is 14.6 Å². The molecule has 0 spiro atoms. The number of carbonyl (C=O) groups is 2. The summed E-state index contributed by atoms with van der Waals surface area (Å²) in [6.45, 7) is 0. The Bertz CT molecular complexity index is 1000. The van der Waals surface area contributed by atoms with Crippen molar-refractivity contribution in [1.29, 1.82) is 0 Å². The minimum atomic E-state index is -0.202. The monoisotopic (exact) mass is 376 g/mol. The number of benzene rings is 2. The van der Waals surface area contributed by atoms with E-state index in [1.165, 1.54) is 0 Å². The zero-order valence-corrected chi connectivity index (χ0v) is 15.5. The van der Waals surface area contributed by atoms with Crippen LogP contribution in [0.4, 0.5) is 5.69 Å². The molecule has 1 aliphatic carbocycles. The zero-order valence-electron chi connectivity index (χ0n) is 15.5. The van der Waals surface area contributed by atoms with Gasteiger partial charge in [0.1, 0.15) is 5.75 Å². The van der Waals surface area contributed by atoms with Gasteiger partial charge in [0, 0.05) is 28.8 Å². The van der Waals surface area contributed by atoms with Crippen LogP contribution in [0.25, 0.3) is 11.3 Å². The maximum Gasteiger partial charge on any atom is 0.230 e. The molecule has 1 aliphatic rings. The maximum absolute atomic E-state index is 12.3. The van der Waals surface area contributed by atoms with E-state index in [4.69, 9.17) is 9.26 Å². The van der Waals surface area contributed by atoms with Crippen molar-refractivity contribution in [1.82, 2.24) is 5.16 Å². The number of ketones is 1. The average molecular weight is 376 g/mol. The van der Waals surface area contributed by atoms with E-state index in [-0.39, 0.29) is 24.0 Å². The lowest BCUT2D eigenvalue weighted by molar-refractivity contribution is -0.115.